The summed E-state index contributed by atoms with van der Waals surface area (Å²) < 4.78 is 81.5. The Balaban J connectivity index is 1.93. The molecular formula is C25H26Cl2F6N4O4. The first-order chi connectivity index (χ1) is 18.9. The Labute approximate surface area is 240 Å². The number of amides is 1. The van der Waals surface area contributed by atoms with Crippen LogP contribution in [-0.2, 0) is 11.0 Å². The average Bonchev–Trinajstić information content (AvgIpc) is 3.31. The van der Waals surface area contributed by atoms with Crippen LogP contribution in [0.3, 0.4) is 0 Å². The van der Waals surface area contributed by atoms with E-state index in [0.717, 1.165) is 12.4 Å². The Morgan fingerprint density at radius 1 is 1.05 bits per heavy atom. The molecule has 1 N–H and O–H groups in total. The zero-order chi connectivity index (χ0) is 30.8. The second-order valence-corrected chi connectivity index (χ2v) is 11.0. The number of carboxylic acid groups (broad SMARTS) is 1. The highest BCUT2D eigenvalue weighted by Gasteiger charge is 2.45. The lowest BCUT2D eigenvalue weighted by molar-refractivity contribution is -0.152. The number of pyridine rings is 1. The fraction of sp³-hybridized carbons (Fsp3) is 0.560. The van der Waals surface area contributed by atoms with Crippen molar-refractivity contribution in [1.82, 2.24) is 19.7 Å². The molecule has 226 valence electrons. The molecule has 1 aliphatic carbocycles. The van der Waals surface area contributed by atoms with Gasteiger partial charge in [-0.3, -0.25) is 24.0 Å². The summed E-state index contributed by atoms with van der Waals surface area (Å²) in [6, 6.07) is -0.850. The summed E-state index contributed by atoms with van der Waals surface area (Å²) in [5.74, 6) is -3.19. The Morgan fingerprint density at radius 2 is 1.63 bits per heavy atom. The molecule has 0 saturated heterocycles. The summed E-state index contributed by atoms with van der Waals surface area (Å²) in [7, 11) is 0. The number of alkyl halides is 6. The quantitative estimate of drug-likeness (QED) is 0.174. The Kier molecular flexibility index (Phi) is 10.00. The van der Waals surface area contributed by atoms with Crippen LogP contribution in [0, 0.1) is 5.41 Å². The van der Waals surface area contributed by atoms with E-state index in [0.29, 0.717) is 15.8 Å². The van der Waals surface area contributed by atoms with Gasteiger partial charge in [0.1, 0.15) is 0 Å². The number of carbonyl (C=O) groups is 3. The molecule has 2 heterocycles. The number of aliphatic carboxylic acids is 1. The lowest BCUT2D eigenvalue weighted by Crippen LogP contribution is -2.38. The van der Waals surface area contributed by atoms with Crippen LogP contribution in [0.5, 0.6) is 0 Å². The van der Waals surface area contributed by atoms with E-state index >= 15 is 0 Å². The third kappa shape index (κ3) is 7.91. The van der Waals surface area contributed by atoms with Gasteiger partial charge in [-0.15, -0.1) is 0 Å². The van der Waals surface area contributed by atoms with Crippen LogP contribution in [0.1, 0.15) is 84.3 Å². The minimum Gasteiger partial charge on any atom is -0.481 e. The lowest BCUT2D eigenvalue weighted by Gasteiger charge is -2.34. The molecule has 3 rings (SSSR count). The van der Waals surface area contributed by atoms with Crippen molar-refractivity contribution in [2.24, 2.45) is 5.41 Å². The van der Waals surface area contributed by atoms with Gasteiger partial charge in [-0.1, -0.05) is 23.2 Å². The Hall–Kier alpha value is -2.87. The van der Waals surface area contributed by atoms with E-state index in [1.807, 2.05) is 0 Å². The number of Topliss-reactive ketones (excluding diaryl/α,β-unsaturated/α-hetero) is 1. The highest BCUT2D eigenvalue weighted by atomic mass is 35.5. The molecule has 0 bridgehead atoms. The van der Waals surface area contributed by atoms with Gasteiger partial charge >= 0.3 is 18.3 Å². The average molecular weight is 631 g/mol. The van der Waals surface area contributed by atoms with Gasteiger partial charge in [-0.05, 0) is 45.4 Å². The molecule has 0 spiro atoms. The summed E-state index contributed by atoms with van der Waals surface area (Å²) in [6.07, 6.45) is -8.26. The molecular weight excluding hydrogens is 605 g/mol. The van der Waals surface area contributed by atoms with Crippen molar-refractivity contribution in [1.29, 1.82) is 0 Å². The van der Waals surface area contributed by atoms with Gasteiger partial charge in [-0.25, -0.2) is 0 Å². The zero-order valence-corrected chi connectivity index (χ0v) is 23.2. The van der Waals surface area contributed by atoms with Gasteiger partial charge in [-0.2, -0.15) is 31.4 Å². The van der Waals surface area contributed by atoms with Gasteiger partial charge < -0.3 is 10.0 Å². The molecule has 0 unspecified atom stereocenters. The van der Waals surface area contributed by atoms with E-state index in [9.17, 15) is 45.8 Å². The number of nitrogens with zero attached hydrogens (tertiary/aromatic N) is 4. The van der Waals surface area contributed by atoms with Crippen molar-refractivity contribution >= 4 is 40.9 Å². The van der Waals surface area contributed by atoms with E-state index in [1.54, 1.807) is 0 Å². The van der Waals surface area contributed by atoms with E-state index in [2.05, 4.69) is 10.1 Å². The molecule has 0 aromatic carbocycles. The van der Waals surface area contributed by atoms with Gasteiger partial charge in [0.2, 0.25) is 0 Å². The van der Waals surface area contributed by atoms with Gasteiger partial charge in [0.25, 0.3) is 5.91 Å². The van der Waals surface area contributed by atoms with E-state index in [4.69, 9.17) is 23.2 Å². The molecule has 0 radical (unpaired) electrons. The maximum absolute atomic E-state index is 14.3. The minimum atomic E-state index is -5.07. The second-order valence-electron chi connectivity index (χ2n) is 10.1. The first-order valence-corrected chi connectivity index (χ1v) is 13.3. The van der Waals surface area contributed by atoms with Crippen LogP contribution in [0.4, 0.5) is 26.3 Å². The van der Waals surface area contributed by atoms with Gasteiger partial charge in [0.15, 0.2) is 11.5 Å². The molecule has 8 nitrogen and oxygen atoms in total. The number of carboxylic acids is 1. The zero-order valence-electron chi connectivity index (χ0n) is 21.7. The van der Waals surface area contributed by atoms with E-state index in [1.165, 1.54) is 6.92 Å². The largest absolute Gasteiger partial charge is 0.481 e. The molecule has 1 saturated carbocycles. The molecule has 2 aromatic heterocycles. The van der Waals surface area contributed by atoms with Crippen molar-refractivity contribution in [2.45, 2.75) is 70.3 Å². The number of rotatable bonds is 10. The highest BCUT2D eigenvalue weighted by Crippen LogP contribution is 2.43. The molecule has 1 amide bonds. The molecule has 2 aromatic rings. The first kappa shape index (κ1) is 32.6. The lowest BCUT2D eigenvalue weighted by atomic mass is 9.74. The highest BCUT2D eigenvalue weighted by molar-refractivity contribution is 6.39. The number of halogens is 8. The van der Waals surface area contributed by atoms with Gasteiger partial charge in [0.05, 0.1) is 45.4 Å². The Bertz CT molecular complexity index is 1270. The summed E-state index contributed by atoms with van der Waals surface area (Å²) in [4.78, 5) is 42.4. The Morgan fingerprint density at radius 3 is 2.15 bits per heavy atom. The topological polar surface area (TPSA) is 105 Å². The van der Waals surface area contributed by atoms with Crippen LogP contribution in [-0.4, -0.2) is 61.7 Å². The number of ketones is 1. The molecule has 16 heteroatoms. The minimum absolute atomic E-state index is 0.0554. The first-order valence-electron chi connectivity index (χ1n) is 12.5. The SMILES string of the molecule is CC1(C(=O)O)CCC(n2ncc(C(=O)N(CCCCC(F)(F)F)CC(=O)c3c(Cl)cncc3Cl)c2C(F)(F)F)CC1. The van der Waals surface area contributed by atoms with Crippen molar-refractivity contribution in [2.75, 3.05) is 13.1 Å². The number of unbranched alkanes of at least 4 members (excludes halogenated alkanes) is 1. The van der Waals surface area contributed by atoms with Crippen molar-refractivity contribution in [3.05, 3.63) is 45.5 Å². The van der Waals surface area contributed by atoms with Crippen LogP contribution < -0.4 is 0 Å². The van der Waals surface area contributed by atoms with Crippen molar-refractivity contribution in [3.63, 3.8) is 0 Å². The predicted octanol–water partition coefficient (Wildman–Crippen LogP) is 6.87. The maximum Gasteiger partial charge on any atom is 0.433 e. The molecule has 0 atom stereocenters. The monoisotopic (exact) mass is 630 g/mol. The number of aromatic nitrogens is 3. The molecule has 0 aliphatic heterocycles. The predicted molar refractivity (Wildman–Crippen MR) is 135 cm³/mol. The standard InChI is InChI=1S/C25H26Cl2F6N4O4/c1-23(22(40)41)7-4-14(5-8-23)37-20(25(31,32)33)15(10-35-37)21(39)36(9-3-2-6-24(28,29)30)13-18(38)19-16(26)11-34-12-17(19)27/h10-12,14H,2-9,13H2,1H3,(H,40,41). The number of carbonyl (C=O) groups excluding carboxylic acids is 2. The maximum atomic E-state index is 14.3. The smallest absolute Gasteiger partial charge is 0.433 e. The fourth-order valence-electron chi connectivity index (χ4n) is 4.76. The summed E-state index contributed by atoms with van der Waals surface area (Å²) >= 11 is 12.0. The summed E-state index contributed by atoms with van der Waals surface area (Å²) in [6.45, 7) is 0.213. The van der Waals surface area contributed by atoms with Crippen LogP contribution >= 0.6 is 23.2 Å². The third-order valence-corrected chi connectivity index (χ3v) is 7.68. The van der Waals surface area contributed by atoms with E-state index < -0.39 is 78.7 Å². The molecule has 1 fully saturated rings. The number of hydrogen-bond acceptors (Lipinski definition) is 5. The van der Waals surface area contributed by atoms with Crippen LogP contribution in [0.2, 0.25) is 10.0 Å². The summed E-state index contributed by atoms with van der Waals surface area (Å²) in [5.41, 5.74) is -3.63. The fourth-order valence-corrected chi connectivity index (χ4v) is 5.33. The van der Waals surface area contributed by atoms with E-state index in [-0.39, 0.29) is 47.7 Å². The van der Waals surface area contributed by atoms with Crippen molar-refractivity contribution < 1.29 is 45.8 Å². The third-order valence-electron chi connectivity index (χ3n) is 7.11. The molecule has 41 heavy (non-hydrogen) atoms. The molecule has 1 aliphatic rings. The number of hydrogen-bond donors (Lipinski definition) is 1. The summed E-state index contributed by atoms with van der Waals surface area (Å²) in [5, 5.41) is 12.9. The normalized spacial score (nSPS) is 19.7. The van der Waals surface area contributed by atoms with Gasteiger partial charge in [0, 0.05) is 25.4 Å². The second kappa shape index (κ2) is 12.6. The van der Waals surface area contributed by atoms with Crippen LogP contribution in [0.15, 0.2) is 18.6 Å². The van der Waals surface area contributed by atoms with Crippen LogP contribution in [0.25, 0.3) is 0 Å². The van der Waals surface area contributed by atoms with Crippen molar-refractivity contribution in [3.8, 4) is 0 Å².